The monoisotopic (exact) mass is 420 g/mol. The number of aromatic nitrogens is 1. The lowest BCUT2D eigenvalue weighted by Gasteiger charge is -2.21. The van der Waals surface area contributed by atoms with E-state index in [1.807, 2.05) is 91.0 Å². The van der Waals surface area contributed by atoms with Crippen LogP contribution in [-0.2, 0) is 6.54 Å². The molecule has 154 valence electrons. The van der Waals surface area contributed by atoms with Crippen LogP contribution in [0.4, 0.5) is 5.13 Å². The molecule has 3 aromatic rings. The van der Waals surface area contributed by atoms with Crippen molar-refractivity contribution < 1.29 is 4.74 Å². The molecule has 0 aliphatic carbocycles. The standard InChI is InChI=1S/C22H24N6OS/c1-16-20(21(23)24-13-17-9-5-3-6-10-17)30-22(25-16)28-14-18(26-27(28)2)15-29-19-11-7-4-8-12-19/h3-12,14,26H,13,15H2,1-2H3,(H2,23,24). The Labute approximate surface area is 180 Å². The molecule has 0 spiro atoms. The highest BCUT2D eigenvalue weighted by Crippen LogP contribution is 2.29. The van der Waals surface area contributed by atoms with Crippen LogP contribution in [0.2, 0.25) is 0 Å². The van der Waals surface area contributed by atoms with Crippen LogP contribution in [0.25, 0.3) is 0 Å². The van der Waals surface area contributed by atoms with Crippen molar-refractivity contribution in [3.05, 3.63) is 88.7 Å². The van der Waals surface area contributed by atoms with E-state index in [9.17, 15) is 0 Å². The summed E-state index contributed by atoms with van der Waals surface area (Å²) in [5, 5.41) is 4.61. The topological polar surface area (TPSA) is 79.0 Å². The fraction of sp³-hybridized carbons (Fsp3) is 0.182. The first-order chi connectivity index (χ1) is 14.6. The summed E-state index contributed by atoms with van der Waals surface area (Å²) in [5.74, 6) is 1.34. The van der Waals surface area contributed by atoms with Gasteiger partial charge in [-0.1, -0.05) is 59.9 Å². The van der Waals surface area contributed by atoms with Crippen LogP contribution in [0.1, 0.15) is 16.1 Å². The van der Waals surface area contributed by atoms with Gasteiger partial charge in [0.1, 0.15) is 18.2 Å². The molecule has 4 rings (SSSR count). The summed E-state index contributed by atoms with van der Waals surface area (Å²) in [6.45, 7) is 2.93. The second kappa shape index (κ2) is 8.98. The van der Waals surface area contributed by atoms with Gasteiger partial charge in [-0.3, -0.25) is 4.99 Å². The van der Waals surface area contributed by atoms with Crippen molar-refractivity contribution in [2.45, 2.75) is 13.5 Å². The number of hydrogen-bond acceptors (Lipinski definition) is 7. The fourth-order valence-electron chi connectivity index (χ4n) is 3.01. The molecule has 1 aromatic heterocycles. The van der Waals surface area contributed by atoms with Crippen LogP contribution in [0, 0.1) is 6.92 Å². The summed E-state index contributed by atoms with van der Waals surface area (Å²) in [4.78, 5) is 10.1. The number of hydrogen-bond donors (Lipinski definition) is 2. The van der Waals surface area contributed by atoms with Crippen molar-refractivity contribution in [1.82, 2.24) is 15.5 Å². The molecular formula is C22H24N6OS. The Bertz CT molecular complexity index is 1050. The highest BCUT2D eigenvalue weighted by Gasteiger charge is 2.24. The summed E-state index contributed by atoms with van der Waals surface area (Å²) in [5.41, 5.74) is 12.5. The number of thiazole rings is 1. The molecule has 0 bridgehead atoms. The first-order valence-corrected chi connectivity index (χ1v) is 10.4. The molecule has 0 amide bonds. The van der Waals surface area contributed by atoms with E-state index < -0.39 is 0 Å². The molecule has 0 radical (unpaired) electrons. The Morgan fingerprint density at radius 2 is 1.83 bits per heavy atom. The van der Waals surface area contributed by atoms with Gasteiger partial charge < -0.3 is 15.9 Å². The lowest BCUT2D eigenvalue weighted by molar-refractivity contribution is 0.267. The number of hydrazine groups is 2. The molecule has 2 aromatic carbocycles. The third kappa shape index (κ3) is 4.61. The quantitative estimate of drug-likeness (QED) is 0.450. The highest BCUT2D eigenvalue weighted by molar-refractivity contribution is 7.17. The van der Waals surface area contributed by atoms with E-state index >= 15 is 0 Å². The lowest BCUT2D eigenvalue weighted by Crippen LogP contribution is -2.39. The number of nitrogens with one attached hydrogen (secondary N) is 1. The summed E-state index contributed by atoms with van der Waals surface area (Å²) in [6.07, 6.45) is 1.97. The molecule has 8 heteroatoms. The molecule has 0 unspecified atom stereocenters. The molecule has 30 heavy (non-hydrogen) atoms. The smallest absolute Gasteiger partial charge is 0.206 e. The zero-order valence-corrected chi connectivity index (χ0v) is 17.8. The van der Waals surface area contributed by atoms with E-state index in [0.717, 1.165) is 32.7 Å². The Morgan fingerprint density at radius 3 is 2.57 bits per heavy atom. The normalized spacial score (nSPS) is 14.5. The molecule has 0 fully saturated rings. The third-order valence-corrected chi connectivity index (χ3v) is 5.70. The maximum absolute atomic E-state index is 6.27. The molecular weight excluding hydrogens is 396 g/mol. The van der Waals surface area contributed by atoms with E-state index in [4.69, 9.17) is 10.5 Å². The van der Waals surface area contributed by atoms with Gasteiger partial charge in [0, 0.05) is 7.05 Å². The average molecular weight is 421 g/mol. The Balaban J connectivity index is 1.45. The number of amidine groups is 1. The zero-order chi connectivity index (χ0) is 20.9. The third-order valence-electron chi connectivity index (χ3n) is 4.53. The summed E-state index contributed by atoms with van der Waals surface area (Å²) in [7, 11) is 1.93. The minimum Gasteiger partial charge on any atom is -0.487 e. The van der Waals surface area contributed by atoms with E-state index in [1.165, 1.54) is 11.3 Å². The molecule has 0 saturated carbocycles. The number of rotatable bonds is 7. The van der Waals surface area contributed by atoms with Gasteiger partial charge in [0.25, 0.3) is 0 Å². The number of para-hydroxylation sites is 1. The maximum atomic E-state index is 6.27. The first kappa shape index (κ1) is 19.9. The molecule has 3 N–H and O–H groups in total. The summed E-state index contributed by atoms with van der Waals surface area (Å²) in [6, 6.07) is 19.8. The van der Waals surface area contributed by atoms with Crippen LogP contribution < -0.4 is 20.9 Å². The Kier molecular flexibility index (Phi) is 5.97. The van der Waals surface area contributed by atoms with Gasteiger partial charge in [-0.05, 0) is 24.6 Å². The molecule has 1 aliphatic rings. The Hall–Kier alpha value is -3.36. The van der Waals surface area contributed by atoms with E-state index in [0.29, 0.717) is 19.0 Å². The molecule has 7 nitrogen and oxygen atoms in total. The minimum atomic E-state index is 0.433. The van der Waals surface area contributed by atoms with Crippen molar-refractivity contribution in [2.75, 3.05) is 18.7 Å². The number of nitrogens with zero attached hydrogens (tertiary/aromatic N) is 4. The molecule has 0 saturated heterocycles. The summed E-state index contributed by atoms with van der Waals surface area (Å²) < 4.78 is 5.82. The molecule has 2 heterocycles. The van der Waals surface area contributed by atoms with Crippen molar-refractivity contribution in [2.24, 2.45) is 10.7 Å². The predicted molar refractivity (Wildman–Crippen MR) is 121 cm³/mol. The fourth-order valence-corrected chi connectivity index (χ4v) is 4.00. The van der Waals surface area contributed by atoms with Crippen LogP contribution >= 0.6 is 11.3 Å². The second-order valence-electron chi connectivity index (χ2n) is 6.83. The molecule has 1 aliphatic heterocycles. The van der Waals surface area contributed by atoms with Crippen LogP contribution in [0.5, 0.6) is 5.75 Å². The van der Waals surface area contributed by atoms with Crippen LogP contribution in [-0.4, -0.2) is 29.6 Å². The minimum absolute atomic E-state index is 0.433. The number of aliphatic imine (C=N–C) groups is 1. The van der Waals surface area contributed by atoms with Crippen molar-refractivity contribution >= 4 is 22.3 Å². The van der Waals surface area contributed by atoms with Gasteiger partial charge in [0.15, 0.2) is 0 Å². The lowest BCUT2D eigenvalue weighted by atomic mass is 10.2. The largest absolute Gasteiger partial charge is 0.487 e. The number of aryl methyl sites for hydroxylation is 1. The van der Waals surface area contributed by atoms with Gasteiger partial charge in [-0.2, -0.15) is 0 Å². The Morgan fingerprint density at radius 1 is 1.13 bits per heavy atom. The number of benzene rings is 2. The predicted octanol–water partition coefficient (Wildman–Crippen LogP) is 3.45. The number of anilines is 1. The van der Waals surface area contributed by atoms with Crippen molar-refractivity contribution in [1.29, 1.82) is 0 Å². The average Bonchev–Trinajstić information content (AvgIpc) is 3.34. The highest BCUT2D eigenvalue weighted by atomic mass is 32.1. The van der Waals surface area contributed by atoms with E-state index in [2.05, 4.69) is 15.4 Å². The van der Waals surface area contributed by atoms with Crippen molar-refractivity contribution in [3.8, 4) is 5.75 Å². The van der Waals surface area contributed by atoms with Crippen LogP contribution in [0.3, 0.4) is 0 Å². The summed E-state index contributed by atoms with van der Waals surface area (Å²) >= 11 is 1.51. The van der Waals surface area contributed by atoms with E-state index in [-0.39, 0.29) is 0 Å². The van der Waals surface area contributed by atoms with Gasteiger partial charge in [0.2, 0.25) is 5.13 Å². The van der Waals surface area contributed by atoms with Gasteiger partial charge in [0.05, 0.1) is 29.0 Å². The number of ether oxygens (including phenoxy) is 1. The SMILES string of the molecule is Cc1nc(N2C=C(COc3ccccc3)NN2C)sc1C(N)=NCc1ccccc1. The van der Waals surface area contributed by atoms with Crippen molar-refractivity contribution in [3.63, 3.8) is 0 Å². The van der Waals surface area contributed by atoms with E-state index in [1.54, 1.807) is 0 Å². The zero-order valence-electron chi connectivity index (χ0n) is 16.9. The molecule has 0 atom stereocenters. The van der Waals surface area contributed by atoms with Gasteiger partial charge in [-0.25, -0.2) is 9.99 Å². The second-order valence-corrected chi connectivity index (χ2v) is 7.81. The van der Waals surface area contributed by atoms with Gasteiger partial charge in [-0.15, -0.1) is 5.12 Å². The first-order valence-electron chi connectivity index (χ1n) is 9.60. The van der Waals surface area contributed by atoms with Crippen LogP contribution in [0.15, 0.2) is 77.6 Å². The maximum Gasteiger partial charge on any atom is 0.206 e. The number of nitrogens with two attached hydrogens (primary N) is 1. The van der Waals surface area contributed by atoms with Gasteiger partial charge >= 0.3 is 0 Å².